The first-order valence-corrected chi connectivity index (χ1v) is 8.02. The molecule has 0 aliphatic heterocycles. The van der Waals surface area contributed by atoms with Crippen LogP contribution in [0.1, 0.15) is 18.4 Å². The van der Waals surface area contributed by atoms with Gasteiger partial charge in [-0.2, -0.15) is 13.2 Å². The van der Waals surface area contributed by atoms with Crippen molar-refractivity contribution >= 4 is 22.7 Å². The summed E-state index contributed by atoms with van der Waals surface area (Å²) in [6.07, 6.45) is 4.38. The van der Waals surface area contributed by atoms with Crippen LogP contribution in [0, 0.1) is 0 Å². The Morgan fingerprint density at radius 2 is 2.05 bits per heavy atom. The monoisotopic (exact) mass is 314 g/mol. The van der Waals surface area contributed by atoms with Gasteiger partial charge < -0.3 is 9.88 Å². The Labute approximate surface area is 125 Å². The van der Waals surface area contributed by atoms with Crippen LogP contribution in [-0.4, -0.2) is 21.9 Å². The Morgan fingerprint density at radius 1 is 1.24 bits per heavy atom. The minimum atomic E-state index is -4.15. The lowest BCUT2D eigenvalue weighted by molar-refractivity contribution is -0.0328. The molecule has 1 N–H and O–H groups in total. The molecule has 0 radical (unpaired) electrons. The number of fused-ring (bicyclic) bond motifs is 1. The number of hydrogen-bond acceptors (Lipinski definition) is 2. The lowest BCUT2D eigenvalue weighted by Crippen LogP contribution is -2.15. The van der Waals surface area contributed by atoms with E-state index in [9.17, 15) is 13.2 Å². The SMILES string of the molecule is FC(F)(F)SCCn1ccc2cc(CNC3CC3)ccc21. The number of rotatable bonds is 6. The van der Waals surface area contributed by atoms with Gasteiger partial charge in [-0.25, -0.2) is 0 Å². The van der Waals surface area contributed by atoms with Crippen molar-refractivity contribution in [1.29, 1.82) is 0 Å². The van der Waals surface area contributed by atoms with Gasteiger partial charge in [-0.15, -0.1) is 0 Å². The third-order valence-electron chi connectivity index (χ3n) is 3.61. The fourth-order valence-electron chi connectivity index (χ4n) is 2.36. The number of alkyl halides is 3. The smallest absolute Gasteiger partial charge is 0.347 e. The van der Waals surface area contributed by atoms with E-state index in [0.29, 0.717) is 12.6 Å². The highest BCUT2D eigenvalue weighted by Gasteiger charge is 2.27. The van der Waals surface area contributed by atoms with Crippen LogP contribution in [0.25, 0.3) is 10.9 Å². The Balaban J connectivity index is 1.64. The van der Waals surface area contributed by atoms with Gasteiger partial charge in [-0.1, -0.05) is 6.07 Å². The highest BCUT2D eigenvalue weighted by Crippen LogP contribution is 2.30. The summed E-state index contributed by atoms with van der Waals surface area (Å²) in [4.78, 5) is 0. The van der Waals surface area contributed by atoms with Crippen molar-refractivity contribution in [3.05, 3.63) is 36.0 Å². The molecule has 0 amide bonds. The maximum atomic E-state index is 12.2. The van der Waals surface area contributed by atoms with E-state index in [2.05, 4.69) is 11.4 Å². The molecule has 1 aliphatic carbocycles. The molecule has 0 bridgehead atoms. The third-order valence-corrected chi connectivity index (χ3v) is 4.32. The fourth-order valence-corrected chi connectivity index (χ4v) is 2.88. The first-order chi connectivity index (χ1) is 10.0. The minimum absolute atomic E-state index is 0.0309. The van der Waals surface area contributed by atoms with E-state index in [1.54, 1.807) is 0 Å². The average molecular weight is 314 g/mol. The highest BCUT2D eigenvalue weighted by molar-refractivity contribution is 8.00. The van der Waals surface area contributed by atoms with E-state index >= 15 is 0 Å². The molecule has 1 fully saturated rings. The van der Waals surface area contributed by atoms with E-state index in [1.807, 2.05) is 29.0 Å². The quantitative estimate of drug-likeness (QED) is 0.863. The normalized spacial score (nSPS) is 15.8. The van der Waals surface area contributed by atoms with Crippen LogP contribution < -0.4 is 5.32 Å². The molecule has 3 rings (SSSR count). The zero-order valence-electron chi connectivity index (χ0n) is 11.5. The molecule has 1 aliphatic rings. The molecule has 6 heteroatoms. The third kappa shape index (κ3) is 4.17. The lowest BCUT2D eigenvalue weighted by Gasteiger charge is -2.08. The highest BCUT2D eigenvalue weighted by atomic mass is 32.2. The standard InChI is InChI=1S/C15H17F3N2S/c16-15(17,18)21-8-7-20-6-5-12-9-11(1-4-14(12)20)10-19-13-2-3-13/h1,4-6,9,13,19H,2-3,7-8,10H2. The fraction of sp³-hybridized carbons (Fsp3) is 0.467. The van der Waals surface area contributed by atoms with Crippen molar-refractivity contribution < 1.29 is 13.2 Å². The van der Waals surface area contributed by atoms with Gasteiger partial charge in [0, 0.05) is 36.6 Å². The van der Waals surface area contributed by atoms with Crippen molar-refractivity contribution in [3.8, 4) is 0 Å². The van der Waals surface area contributed by atoms with Crippen molar-refractivity contribution in [3.63, 3.8) is 0 Å². The van der Waals surface area contributed by atoms with Gasteiger partial charge in [-0.05, 0) is 53.8 Å². The van der Waals surface area contributed by atoms with Gasteiger partial charge in [0.2, 0.25) is 0 Å². The summed E-state index contributed by atoms with van der Waals surface area (Å²) >= 11 is 0.0309. The predicted molar refractivity (Wildman–Crippen MR) is 80.3 cm³/mol. The summed E-state index contributed by atoms with van der Waals surface area (Å²) in [6.45, 7) is 1.23. The van der Waals surface area contributed by atoms with Crippen LogP contribution in [-0.2, 0) is 13.1 Å². The molecule has 1 heterocycles. The second-order valence-corrected chi connectivity index (χ2v) is 6.51. The molecule has 1 aromatic carbocycles. The molecule has 2 aromatic rings. The van der Waals surface area contributed by atoms with E-state index in [4.69, 9.17) is 0 Å². The van der Waals surface area contributed by atoms with Crippen molar-refractivity contribution in [2.75, 3.05) is 5.75 Å². The van der Waals surface area contributed by atoms with Gasteiger partial charge >= 0.3 is 5.51 Å². The topological polar surface area (TPSA) is 17.0 Å². The van der Waals surface area contributed by atoms with Crippen LogP contribution in [0.5, 0.6) is 0 Å². The Morgan fingerprint density at radius 3 is 2.76 bits per heavy atom. The number of nitrogens with zero attached hydrogens (tertiary/aromatic N) is 1. The minimum Gasteiger partial charge on any atom is -0.347 e. The molecule has 2 nitrogen and oxygen atoms in total. The number of nitrogens with one attached hydrogen (secondary N) is 1. The maximum Gasteiger partial charge on any atom is 0.441 e. The van der Waals surface area contributed by atoms with E-state index in [0.717, 1.165) is 17.4 Å². The molecule has 21 heavy (non-hydrogen) atoms. The van der Waals surface area contributed by atoms with Gasteiger partial charge in [0.15, 0.2) is 0 Å². The summed E-state index contributed by atoms with van der Waals surface area (Å²) in [5, 5.41) is 4.55. The maximum absolute atomic E-state index is 12.2. The summed E-state index contributed by atoms with van der Waals surface area (Å²) in [5.41, 5.74) is -1.94. The van der Waals surface area contributed by atoms with Crippen LogP contribution in [0.15, 0.2) is 30.5 Å². The van der Waals surface area contributed by atoms with Gasteiger partial charge in [-0.3, -0.25) is 0 Å². The number of hydrogen-bond donors (Lipinski definition) is 1. The number of aromatic nitrogens is 1. The van der Waals surface area contributed by atoms with E-state index in [-0.39, 0.29) is 17.5 Å². The second-order valence-electron chi connectivity index (χ2n) is 5.35. The summed E-state index contributed by atoms with van der Waals surface area (Å²) in [6, 6.07) is 8.79. The molecule has 114 valence electrons. The summed E-state index contributed by atoms with van der Waals surface area (Å²) in [7, 11) is 0. The van der Waals surface area contributed by atoms with Crippen LogP contribution in [0.3, 0.4) is 0 Å². The first kappa shape index (κ1) is 14.8. The Bertz CT molecular complexity index is 617. The van der Waals surface area contributed by atoms with Crippen molar-refractivity contribution in [2.45, 2.75) is 37.5 Å². The van der Waals surface area contributed by atoms with Gasteiger partial charge in [0.25, 0.3) is 0 Å². The van der Waals surface area contributed by atoms with Crippen LogP contribution >= 0.6 is 11.8 Å². The predicted octanol–water partition coefficient (Wildman–Crippen LogP) is 4.15. The molecule has 1 saturated carbocycles. The zero-order chi connectivity index (χ0) is 14.9. The number of halogens is 3. The van der Waals surface area contributed by atoms with Gasteiger partial charge in [0.1, 0.15) is 0 Å². The van der Waals surface area contributed by atoms with E-state index in [1.165, 1.54) is 18.4 Å². The molecular formula is C15H17F3N2S. The summed E-state index contributed by atoms with van der Waals surface area (Å²) < 4.78 is 38.3. The summed E-state index contributed by atoms with van der Waals surface area (Å²) in [5.74, 6) is 0.0399. The first-order valence-electron chi connectivity index (χ1n) is 7.03. The number of aryl methyl sites for hydroxylation is 1. The van der Waals surface area contributed by atoms with Crippen molar-refractivity contribution in [1.82, 2.24) is 9.88 Å². The van der Waals surface area contributed by atoms with Crippen molar-refractivity contribution in [2.24, 2.45) is 0 Å². The van der Waals surface area contributed by atoms with E-state index < -0.39 is 5.51 Å². The number of thioether (sulfide) groups is 1. The molecular weight excluding hydrogens is 297 g/mol. The van der Waals surface area contributed by atoms with Crippen LogP contribution in [0.4, 0.5) is 13.2 Å². The Kier molecular flexibility index (Phi) is 4.17. The average Bonchev–Trinajstić information content (AvgIpc) is 3.17. The molecule has 0 saturated heterocycles. The Hall–Kier alpha value is -1.14. The number of benzene rings is 1. The van der Waals surface area contributed by atoms with Crippen LogP contribution in [0.2, 0.25) is 0 Å². The molecule has 1 aromatic heterocycles. The lowest BCUT2D eigenvalue weighted by atomic mass is 10.1. The second kappa shape index (κ2) is 5.93. The molecule has 0 unspecified atom stereocenters. The largest absolute Gasteiger partial charge is 0.441 e. The van der Waals surface area contributed by atoms with Gasteiger partial charge in [0.05, 0.1) is 0 Å². The molecule has 0 atom stereocenters. The molecule has 0 spiro atoms. The zero-order valence-corrected chi connectivity index (χ0v) is 12.3.